The molecule has 4 aromatic carbocycles. The molecule has 444 valence electrons. The molecule has 3 atom stereocenters. The van der Waals surface area contributed by atoms with Crippen LogP contribution in [0.15, 0.2) is 102 Å². The molecule has 2 aromatic heterocycles. The third kappa shape index (κ3) is 13.0. The van der Waals surface area contributed by atoms with Gasteiger partial charge in [-0.2, -0.15) is 10.4 Å². The number of rotatable bonds is 18. The van der Waals surface area contributed by atoms with E-state index < -0.39 is 23.9 Å². The SMILES string of the molecule is COc1ccc(C2=N[C@@H](c3ccc(Cl)cc3)[C@@H](c3ccc(Cl)cc3)N2C(=O)N2CCN(CCOCCOCCC(=O)N(C)CCn3nc(C#N)c4c3CN(C)C(=O)c3ccc(F)cc3[C@H]3CCCN3c3cc-4cnc3N)C(=O)C2)c(OC(C)C)c1. The van der Waals surface area contributed by atoms with Gasteiger partial charge in [-0.25, -0.2) is 14.2 Å². The third-order valence-corrected chi connectivity index (χ3v) is 16.2. The number of amidine groups is 1. The first-order valence-electron chi connectivity index (χ1n) is 28.3. The van der Waals surface area contributed by atoms with Crippen LogP contribution < -0.4 is 20.1 Å². The Balaban J connectivity index is 0.726. The summed E-state index contributed by atoms with van der Waals surface area (Å²) in [4.78, 5) is 76.4. The molecule has 2 bridgehead atoms. The first-order valence-corrected chi connectivity index (χ1v) is 29.0. The number of aromatic nitrogens is 3. The number of hydrogen-bond acceptors (Lipinski definition) is 14. The fourth-order valence-electron chi connectivity index (χ4n) is 11.4. The van der Waals surface area contributed by atoms with Gasteiger partial charge in [0.1, 0.15) is 47.6 Å². The summed E-state index contributed by atoms with van der Waals surface area (Å²) in [5.41, 5.74) is 12.0. The lowest BCUT2D eigenvalue weighted by atomic mass is 9.93. The van der Waals surface area contributed by atoms with Crippen molar-refractivity contribution < 1.29 is 42.5 Å². The molecule has 4 aliphatic heterocycles. The van der Waals surface area contributed by atoms with Crippen LogP contribution >= 0.6 is 23.2 Å². The molecule has 23 heteroatoms. The standard InChI is InChI=1S/C62H67Cl2FN12O8/c1-38(2)85-53-33-45(82-5)17-19-47(53)60-69-57(39-8-12-42(63)13-9-39)58(40-10-14-43(64)15-11-40)77(60)62(81)74-24-23-73(55(79)37-74)26-28-84-30-29-83-27-20-54(78)71(3)22-25-76-52-36-72(4)61(80)46-18-16-44(65)32-48(46)50-7-6-21-75(50)51-31-41(35-68-59(51)67)56(52)49(34-66)70-76/h8-19,31-33,35,38,50,57-58H,6-7,20-30,36-37H2,1-5H3,(H2,67,68)/t50-,57+,58-/m1/s1. The van der Waals surface area contributed by atoms with Crippen molar-refractivity contribution in [2.75, 3.05) is 97.5 Å². The Morgan fingerprint density at radius 3 is 2.31 bits per heavy atom. The van der Waals surface area contributed by atoms with E-state index in [2.05, 4.69) is 21.1 Å². The van der Waals surface area contributed by atoms with Crippen molar-refractivity contribution in [3.8, 4) is 28.7 Å². The Hall–Kier alpha value is -8.29. The van der Waals surface area contributed by atoms with E-state index in [0.29, 0.717) is 86.1 Å². The maximum atomic E-state index is 15.1. The van der Waals surface area contributed by atoms with Gasteiger partial charge in [0.2, 0.25) is 11.8 Å². The summed E-state index contributed by atoms with van der Waals surface area (Å²) in [5, 5.41) is 16.2. The van der Waals surface area contributed by atoms with Gasteiger partial charge in [-0.1, -0.05) is 47.5 Å². The summed E-state index contributed by atoms with van der Waals surface area (Å²) in [6.07, 6.45) is 2.93. The highest BCUT2D eigenvalue weighted by molar-refractivity contribution is 6.30. The van der Waals surface area contributed by atoms with Crippen LogP contribution in [0, 0.1) is 17.1 Å². The normalized spacial score (nSPS) is 17.7. The molecule has 20 nitrogen and oxygen atoms in total. The molecule has 0 spiro atoms. The van der Waals surface area contributed by atoms with Crippen LogP contribution in [0.1, 0.15) is 95.2 Å². The molecule has 0 saturated carbocycles. The molecule has 10 rings (SSSR count). The lowest BCUT2D eigenvalue weighted by molar-refractivity contribution is -0.135. The zero-order chi connectivity index (χ0) is 60.1. The lowest BCUT2D eigenvalue weighted by Gasteiger charge is -2.38. The Labute approximate surface area is 503 Å². The number of carbonyl (C=O) groups excluding carboxylic acids is 4. The first-order chi connectivity index (χ1) is 41.0. The van der Waals surface area contributed by atoms with Gasteiger partial charge in [0.15, 0.2) is 5.69 Å². The maximum absolute atomic E-state index is 15.1. The number of hydrogen-bond donors (Lipinski definition) is 1. The van der Waals surface area contributed by atoms with Crippen molar-refractivity contribution >= 4 is 64.3 Å². The third-order valence-electron chi connectivity index (χ3n) is 15.7. The highest BCUT2D eigenvalue weighted by Gasteiger charge is 2.46. The number of ether oxygens (including phenoxy) is 4. The fraction of sp³-hybridized carbons (Fsp3) is 0.387. The van der Waals surface area contributed by atoms with Gasteiger partial charge < -0.3 is 49.2 Å². The van der Waals surface area contributed by atoms with Crippen molar-refractivity contribution in [2.45, 2.75) is 70.4 Å². The number of anilines is 2. The molecule has 0 aliphatic carbocycles. The number of nitrogens with zero attached hydrogens (tertiary/aromatic N) is 11. The quantitative estimate of drug-likeness (QED) is 0.0796. The highest BCUT2D eigenvalue weighted by Crippen LogP contribution is 2.47. The van der Waals surface area contributed by atoms with Crippen molar-refractivity contribution in [2.24, 2.45) is 4.99 Å². The van der Waals surface area contributed by atoms with Gasteiger partial charge in [-0.05, 0) is 104 Å². The summed E-state index contributed by atoms with van der Waals surface area (Å²) >= 11 is 12.7. The van der Waals surface area contributed by atoms with Gasteiger partial charge in [0.25, 0.3) is 5.91 Å². The number of carbonyl (C=O) groups is 4. The summed E-state index contributed by atoms with van der Waals surface area (Å²) in [5.74, 6) is 0.505. The number of fused-ring (bicyclic) bond motifs is 8. The zero-order valence-corrected chi connectivity index (χ0v) is 49.6. The predicted molar refractivity (Wildman–Crippen MR) is 319 cm³/mol. The lowest BCUT2D eigenvalue weighted by Crippen LogP contribution is -2.56. The number of likely N-dealkylation sites (N-methyl/N-ethyl adjacent to an activating group) is 1. The van der Waals surface area contributed by atoms with E-state index in [1.54, 1.807) is 88.1 Å². The van der Waals surface area contributed by atoms with Gasteiger partial charge in [-0.15, -0.1) is 0 Å². The summed E-state index contributed by atoms with van der Waals surface area (Å²) < 4.78 is 40.0. The van der Waals surface area contributed by atoms with E-state index in [4.69, 9.17) is 52.9 Å². The van der Waals surface area contributed by atoms with Crippen molar-refractivity contribution in [3.05, 3.63) is 152 Å². The van der Waals surface area contributed by atoms with Crippen molar-refractivity contribution in [1.29, 1.82) is 5.26 Å². The van der Waals surface area contributed by atoms with Gasteiger partial charge in [-0.3, -0.25) is 29.0 Å². The van der Waals surface area contributed by atoms with Crippen LogP contribution in [0.5, 0.6) is 11.5 Å². The molecule has 2 N–H and O–H groups in total. The second-order valence-electron chi connectivity index (χ2n) is 21.6. The number of nitrogens with two attached hydrogens (primary N) is 1. The predicted octanol–water partition coefficient (Wildman–Crippen LogP) is 8.96. The van der Waals surface area contributed by atoms with Crippen LogP contribution in [0.2, 0.25) is 10.0 Å². The number of pyridine rings is 1. The van der Waals surface area contributed by atoms with Gasteiger partial charge in [0, 0.05) is 85.8 Å². The minimum atomic E-state index is -0.642. The molecule has 6 aromatic rings. The van der Waals surface area contributed by atoms with E-state index in [-0.39, 0.29) is 113 Å². The molecule has 0 unspecified atom stereocenters. The van der Waals surface area contributed by atoms with Crippen LogP contribution in [0.25, 0.3) is 11.1 Å². The molecular weight excluding hydrogens is 1130 g/mol. The topological polar surface area (TPSA) is 218 Å². The van der Waals surface area contributed by atoms with E-state index in [9.17, 15) is 24.0 Å². The Morgan fingerprint density at radius 2 is 1.60 bits per heavy atom. The summed E-state index contributed by atoms with van der Waals surface area (Å²) in [6, 6.07) is 26.5. The molecule has 2 fully saturated rings. The minimum absolute atomic E-state index is 0.0496. The average molecular weight is 1200 g/mol. The highest BCUT2D eigenvalue weighted by atomic mass is 35.5. The van der Waals surface area contributed by atoms with Crippen LogP contribution in [-0.2, 0) is 32.2 Å². The number of urea groups is 1. The average Bonchev–Trinajstić information content (AvgIpc) is 2.90. The monoisotopic (exact) mass is 1200 g/mol. The minimum Gasteiger partial charge on any atom is -0.497 e. The number of methoxy groups -OCH3 is 1. The molecule has 0 radical (unpaired) electrons. The number of halogens is 3. The largest absolute Gasteiger partial charge is 0.497 e. The Kier molecular flexibility index (Phi) is 18.5. The number of piperazine rings is 1. The van der Waals surface area contributed by atoms with E-state index in [1.165, 1.54) is 23.1 Å². The van der Waals surface area contributed by atoms with Gasteiger partial charge in [0.05, 0.1) is 88.2 Å². The fourth-order valence-corrected chi connectivity index (χ4v) is 11.7. The molecule has 2 saturated heterocycles. The van der Waals surface area contributed by atoms with E-state index >= 15 is 4.79 Å². The maximum Gasteiger partial charge on any atom is 0.326 e. The molecule has 5 amide bonds. The number of amides is 5. The van der Waals surface area contributed by atoms with Crippen LogP contribution in [0.4, 0.5) is 20.7 Å². The molecule has 85 heavy (non-hydrogen) atoms. The molecular formula is C62H67Cl2FN12O8. The number of benzene rings is 4. The summed E-state index contributed by atoms with van der Waals surface area (Å²) in [7, 11) is 4.90. The zero-order valence-electron chi connectivity index (χ0n) is 48.1. The number of aliphatic imine (C=N–C) groups is 1. The van der Waals surface area contributed by atoms with Crippen molar-refractivity contribution in [1.82, 2.24) is 39.3 Å². The van der Waals surface area contributed by atoms with Crippen molar-refractivity contribution in [3.63, 3.8) is 0 Å². The Bertz CT molecular complexity index is 3540. The van der Waals surface area contributed by atoms with Crippen LogP contribution in [-0.4, -0.2) is 162 Å². The number of nitrogen functional groups attached to an aromatic ring is 1. The van der Waals surface area contributed by atoms with E-state index in [1.807, 2.05) is 50.2 Å². The molecule has 4 aliphatic rings. The van der Waals surface area contributed by atoms with Crippen LogP contribution in [0.3, 0.4) is 0 Å². The molecule has 6 heterocycles. The van der Waals surface area contributed by atoms with Gasteiger partial charge >= 0.3 is 6.03 Å². The second-order valence-corrected chi connectivity index (χ2v) is 22.5. The smallest absolute Gasteiger partial charge is 0.326 e. The Morgan fingerprint density at radius 1 is 0.882 bits per heavy atom. The number of nitriles is 1. The van der Waals surface area contributed by atoms with E-state index in [0.717, 1.165) is 17.5 Å². The summed E-state index contributed by atoms with van der Waals surface area (Å²) in [6.45, 7) is 6.34. The second kappa shape index (κ2) is 26.3. The first kappa shape index (κ1) is 59.9.